The predicted molar refractivity (Wildman–Crippen MR) is 62.9 cm³/mol. The molecule has 0 saturated heterocycles. The van der Waals surface area contributed by atoms with E-state index in [9.17, 15) is 9.18 Å². The minimum absolute atomic E-state index is 0.0559. The molecule has 0 aliphatic heterocycles. The van der Waals surface area contributed by atoms with Gasteiger partial charge in [0.25, 0.3) is 0 Å². The minimum atomic E-state index is -0.551. The number of ketones is 1. The molecule has 0 aliphatic carbocycles. The Hall–Kier alpha value is -1.68. The van der Waals surface area contributed by atoms with Gasteiger partial charge in [-0.25, -0.2) is 4.39 Å². The van der Waals surface area contributed by atoms with Crippen LogP contribution in [-0.4, -0.2) is 26.1 Å². The zero-order valence-electron chi connectivity index (χ0n) is 9.74. The minimum Gasteiger partial charge on any atom is -0.494 e. The molecule has 0 heterocycles. The van der Waals surface area contributed by atoms with Crippen molar-refractivity contribution in [1.82, 2.24) is 0 Å². The molecule has 0 atom stereocenters. The highest BCUT2D eigenvalue weighted by atomic mass is 19.1. The molecule has 0 aliphatic rings. The van der Waals surface area contributed by atoms with Gasteiger partial charge in [-0.3, -0.25) is 4.79 Å². The number of Topliss-reactive ketones (excluding diaryl/α,β-unsaturated/α-hetero) is 1. The van der Waals surface area contributed by atoms with Crippen LogP contribution < -0.4 is 4.74 Å². The third-order valence-electron chi connectivity index (χ3n) is 2.17. The summed E-state index contributed by atoms with van der Waals surface area (Å²) in [6.45, 7) is 3.92. The summed E-state index contributed by atoms with van der Waals surface area (Å²) in [5.41, 5.74) is 0.280. The average molecular weight is 238 g/mol. The molecular weight excluding hydrogens is 223 g/mol. The van der Waals surface area contributed by atoms with Gasteiger partial charge in [0, 0.05) is 5.56 Å². The Morgan fingerprint density at radius 3 is 2.88 bits per heavy atom. The summed E-state index contributed by atoms with van der Waals surface area (Å²) in [4.78, 5) is 11.6. The van der Waals surface area contributed by atoms with Crippen LogP contribution in [0, 0.1) is 5.82 Å². The first kappa shape index (κ1) is 13.4. The zero-order chi connectivity index (χ0) is 12.7. The van der Waals surface area contributed by atoms with E-state index in [1.54, 1.807) is 6.08 Å². The molecule has 0 fully saturated rings. The summed E-state index contributed by atoms with van der Waals surface area (Å²) >= 11 is 0. The number of methoxy groups -OCH3 is 1. The monoisotopic (exact) mass is 238 g/mol. The van der Waals surface area contributed by atoms with Crippen LogP contribution in [0.1, 0.15) is 16.8 Å². The second-order valence-corrected chi connectivity index (χ2v) is 3.40. The first-order valence-electron chi connectivity index (χ1n) is 5.24. The number of carbonyl (C=O) groups excluding carboxylic acids is 1. The lowest BCUT2D eigenvalue weighted by molar-refractivity contribution is 0.0768. The van der Waals surface area contributed by atoms with Crippen molar-refractivity contribution >= 4 is 5.78 Å². The smallest absolute Gasteiger partial charge is 0.188 e. The van der Waals surface area contributed by atoms with E-state index in [0.717, 1.165) is 6.07 Å². The lowest BCUT2D eigenvalue weighted by Crippen LogP contribution is -2.10. The highest BCUT2D eigenvalue weighted by molar-refractivity contribution is 5.97. The molecule has 0 saturated carbocycles. The van der Waals surface area contributed by atoms with Crippen molar-refractivity contribution in [3.05, 3.63) is 42.2 Å². The van der Waals surface area contributed by atoms with Crippen LogP contribution in [0.2, 0.25) is 0 Å². The summed E-state index contributed by atoms with van der Waals surface area (Å²) in [5, 5.41) is 0. The van der Waals surface area contributed by atoms with Gasteiger partial charge < -0.3 is 9.47 Å². The van der Waals surface area contributed by atoms with E-state index in [1.165, 1.54) is 19.2 Å². The molecular formula is C13H15FO3. The van der Waals surface area contributed by atoms with Gasteiger partial charge in [-0.05, 0) is 24.6 Å². The van der Waals surface area contributed by atoms with Crippen LogP contribution >= 0.6 is 0 Å². The molecule has 1 aromatic carbocycles. The lowest BCUT2D eigenvalue weighted by atomic mass is 10.1. The molecule has 4 heteroatoms. The molecule has 0 N–H and O–H groups in total. The normalized spacial score (nSPS) is 10.0. The summed E-state index contributed by atoms with van der Waals surface area (Å²) in [6, 6.07) is 4.09. The predicted octanol–water partition coefficient (Wildman–Crippen LogP) is 2.61. The second-order valence-electron chi connectivity index (χ2n) is 3.40. The Bertz CT molecular complexity index is 402. The zero-order valence-corrected chi connectivity index (χ0v) is 9.74. The van der Waals surface area contributed by atoms with Gasteiger partial charge in [-0.15, -0.1) is 6.58 Å². The fourth-order valence-corrected chi connectivity index (χ4v) is 1.25. The van der Waals surface area contributed by atoms with Gasteiger partial charge in [0.15, 0.2) is 17.3 Å². The van der Waals surface area contributed by atoms with E-state index in [0.29, 0.717) is 13.0 Å². The fraction of sp³-hybridized carbons (Fsp3) is 0.308. The highest BCUT2D eigenvalue weighted by Gasteiger charge is 2.09. The molecule has 92 valence electrons. The molecule has 0 aromatic heterocycles. The maximum Gasteiger partial charge on any atom is 0.188 e. The third kappa shape index (κ3) is 4.00. The van der Waals surface area contributed by atoms with Gasteiger partial charge in [-0.1, -0.05) is 6.08 Å². The molecule has 0 spiro atoms. The molecule has 1 aromatic rings. The number of benzene rings is 1. The molecule has 0 unspecified atom stereocenters. The van der Waals surface area contributed by atoms with Crippen molar-refractivity contribution in [3.63, 3.8) is 0 Å². The second kappa shape index (κ2) is 6.81. The van der Waals surface area contributed by atoms with Gasteiger partial charge >= 0.3 is 0 Å². The maximum absolute atomic E-state index is 13.3. The van der Waals surface area contributed by atoms with Gasteiger partial charge in [0.2, 0.25) is 0 Å². The number of ether oxygens (including phenoxy) is 2. The fourth-order valence-electron chi connectivity index (χ4n) is 1.25. The molecule has 0 radical (unpaired) electrons. The van der Waals surface area contributed by atoms with Crippen molar-refractivity contribution in [1.29, 1.82) is 0 Å². The van der Waals surface area contributed by atoms with E-state index in [2.05, 4.69) is 6.58 Å². The first-order chi connectivity index (χ1) is 8.19. The topological polar surface area (TPSA) is 35.5 Å². The third-order valence-corrected chi connectivity index (χ3v) is 2.17. The quantitative estimate of drug-likeness (QED) is 0.416. The van der Waals surface area contributed by atoms with Crippen LogP contribution in [0.25, 0.3) is 0 Å². The van der Waals surface area contributed by atoms with Crippen LogP contribution in [0.4, 0.5) is 4.39 Å². The Kier molecular flexibility index (Phi) is 5.36. The van der Waals surface area contributed by atoms with Crippen molar-refractivity contribution in [2.75, 3.05) is 20.3 Å². The Morgan fingerprint density at radius 2 is 2.29 bits per heavy atom. The Balaban J connectivity index is 2.57. The number of carbonyl (C=O) groups is 1. The molecule has 0 amide bonds. The Morgan fingerprint density at radius 1 is 1.53 bits per heavy atom. The largest absolute Gasteiger partial charge is 0.494 e. The van der Waals surface area contributed by atoms with E-state index < -0.39 is 5.82 Å². The van der Waals surface area contributed by atoms with Crippen molar-refractivity contribution in [2.24, 2.45) is 0 Å². The number of rotatable bonds is 7. The van der Waals surface area contributed by atoms with Crippen LogP contribution in [-0.2, 0) is 4.74 Å². The lowest BCUT2D eigenvalue weighted by Gasteiger charge is -2.05. The molecule has 17 heavy (non-hydrogen) atoms. The summed E-state index contributed by atoms with van der Waals surface area (Å²) in [5.74, 6) is -0.686. The number of halogens is 1. The highest BCUT2D eigenvalue weighted by Crippen LogP contribution is 2.17. The summed E-state index contributed by atoms with van der Waals surface area (Å²) in [6.07, 6.45) is 2.39. The first-order valence-corrected chi connectivity index (χ1v) is 5.24. The number of hydrogen-bond donors (Lipinski definition) is 0. The molecule has 1 rings (SSSR count). The summed E-state index contributed by atoms with van der Waals surface area (Å²) in [7, 11) is 1.37. The van der Waals surface area contributed by atoms with E-state index in [-0.39, 0.29) is 23.7 Å². The van der Waals surface area contributed by atoms with Crippen LogP contribution in [0.15, 0.2) is 30.9 Å². The van der Waals surface area contributed by atoms with E-state index in [1.807, 2.05) is 0 Å². The van der Waals surface area contributed by atoms with Gasteiger partial charge in [0.05, 0.1) is 13.7 Å². The van der Waals surface area contributed by atoms with Gasteiger partial charge in [-0.2, -0.15) is 0 Å². The van der Waals surface area contributed by atoms with Gasteiger partial charge in [0.1, 0.15) is 6.61 Å². The van der Waals surface area contributed by atoms with Crippen molar-refractivity contribution in [3.8, 4) is 5.75 Å². The standard InChI is InChI=1S/C13H15FO3/c1-3-4-7-17-9-12(15)10-5-6-13(16-2)11(14)8-10/h3,5-6,8H,1,4,7,9H2,2H3. The van der Waals surface area contributed by atoms with Crippen molar-refractivity contribution < 1.29 is 18.7 Å². The SMILES string of the molecule is C=CCCOCC(=O)c1ccc(OC)c(F)c1. The average Bonchev–Trinajstić information content (AvgIpc) is 2.34. The molecule has 0 bridgehead atoms. The van der Waals surface area contributed by atoms with Crippen molar-refractivity contribution in [2.45, 2.75) is 6.42 Å². The van der Waals surface area contributed by atoms with Crippen LogP contribution in [0.5, 0.6) is 5.75 Å². The summed E-state index contributed by atoms with van der Waals surface area (Å²) < 4.78 is 23.2. The van der Waals surface area contributed by atoms with E-state index >= 15 is 0 Å². The van der Waals surface area contributed by atoms with Crippen LogP contribution in [0.3, 0.4) is 0 Å². The number of hydrogen-bond acceptors (Lipinski definition) is 3. The molecule has 3 nitrogen and oxygen atoms in total. The maximum atomic E-state index is 13.3. The Labute approximate surface area is 99.9 Å². The van der Waals surface area contributed by atoms with E-state index in [4.69, 9.17) is 9.47 Å².